The van der Waals surface area contributed by atoms with Crippen molar-refractivity contribution in [1.82, 2.24) is 10.2 Å². The molecule has 2 aromatic rings. The van der Waals surface area contributed by atoms with Crippen LogP contribution in [0.2, 0.25) is 0 Å². The highest BCUT2D eigenvalue weighted by Gasteiger charge is 2.37. The molecule has 2 atom stereocenters. The van der Waals surface area contributed by atoms with E-state index in [1.54, 1.807) is 18.2 Å². The molecule has 1 heterocycles. The molecular weight excluding hydrogens is 403 g/mol. The highest BCUT2D eigenvalue weighted by Crippen LogP contribution is 2.34. The van der Waals surface area contributed by atoms with E-state index in [2.05, 4.69) is 36.5 Å². The fraction of sp³-hybridized carbons (Fsp3) is 0.481. The number of benzene rings is 2. The topological polar surface area (TPSA) is 49.4 Å². The van der Waals surface area contributed by atoms with Crippen LogP contribution in [0.1, 0.15) is 61.6 Å². The Morgan fingerprint density at radius 3 is 2.41 bits per heavy atom. The van der Waals surface area contributed by atoms with Crippen LogP contribution in [0.15, 0.2) is 48.5 Å². The summed E-state index contributed by atoms with van der Waals surface area (Å²) in [5.41, 5.74) is 2.93. The van der Waals surface area contributed by atoms with E-state index in [4.69, 9.17) is 0 Å². The molecule has 2 amide bonds. The number of amides is 2. The molecule has 1 aliphatic carbocycles. The first-order valence-electron chi connectivity index (χ1n) is 11.9. The Balaban J connectivity index is 1.49. The van der Waals surface area contributed by atoms with Crippen LogP contribution < -0.4 is 5.32 Å². The third-order valence-corrected chi connectivity index (χ3v) is 7.11. The van der Waals surface area contributed by atoms with Gasteiger partial charge in [-0.05, 0) is 42.9 Å². The number of likely N-dealkylation sites (tertiary alicyclic amines) is 1. The van der Waals surface area contributed by atoms with Crippen LogP contribution in [0.3, 0.4) is 0 Å². The average Bonchev–Trinajstić information content (AvgIpc) is 3.37. The summed E-state index contributed by atoms with van der Waals surface area (Å²) in [6.45, 7) is 3.40. The van der Waals surface area contributed by atoms with E-state index in [0.29, 0.717) is 25.1 Å². The number of carbonyl (C=O) groups excluding carboxylic acids is 2. The number of carbonyl (C=O) groups is 2. The van der Waals surface area contributed by atoms with Gasteiger partial charge in [-0.25, -0.2) is 4.39 Å². The zero-order valence-electron chi connectivity index (χ0n) is 18.9. The van der Waals surface area contributed by atoms with Crippen molar-refractivity contribution in [3.63, 3.8) is 0 Å². The minimum Gasteiger partial charge on any atom is -0.352 e. The van der Waals surface area contributed by atoms with E-state index in [-0.39, 0.29) is 41.9 Å². The first kappa shape index (κ1) is 22.5. The molecule has 4 nitrogen and oxygen atoms in total. The number of nitrogens with one attached hydrogen (secondary N) is 1. The molecule has 0 radical (unpaired) electrons. The molecule has 0 spiro atoms. The largest absolute Gasteiger partial charge is 0.352 e. The van der Waals surface area contributed by atoms with Crippen molar-refractivity contribution in [1.29, 1.82) is 0 Å². The van der Waals surface area contributed by atoms with E-state index in [1.807, 2.05) is 4.90 Å². The number of hydrogen-bond acceptors (Lipinski definition) is 2. The lowest BCUT2D eigenvalue weighted by atomic mass is 9.83. The second-order valence-corrected chi connectivity index (χ2v) is 9.26. The Labute approximate surface area is 190 Å². The van der Waals surface area contributed by atoms with Gasteiger partial charge < -0.3 is 10.2 Å². The zero-order valence-corrected chi connectivity index (χ0v) is 18.9. The Morgan fingerprint density at radius 2 is 1.72 bits per heavy atom. The van der Waals surface area contributed by atoms with Crippen LogP contribution in [0.25, 0.3) is 0 Å². The van der Waals surface area contributed by atoms with Gasteiger partial charge in [0.1, 0.15) is 5.82 Å². The second-order valence-electron chi connectivity index (χ2n) is 9.26. The maximum absolute atomic E-state index is 14.0. The molecule has 0 aromatic heterocycles. The Hall–Kier alpha value is -2.69. The maximum Gasteiger partial charge on any atom is 0.225 e. The molecule has 2 fully saturated rings. The van der Waals surface area contributed by atoms with E-state index < -0.39 is 0 Å². The molecule has 2 aliphatic rings. The predicted molar refractivity (Wildman–Crippen MR) is 123 cm³/mol. The zero-order chi connectivity index (χ0) is 22.5. The van der Waals surface area contributed by atoms with Crippen molar-refractivity contribution in [2.45, 2.75) is 57.9 Å². The normalized spacial score (nSPS) is 21.5. The standard InChI is InChI=1S/C27H33FN2O2/c1-2-19-11-13-20(14-12-19)23-15-24(18-30(17-23)27(32)21-7-3-4-8-21)26(31)29-16-22-9-5-6-10-25(22)28/h5-6,9-14,21,23-24H,2-4,7-8,15-18H2,1H3,(H,29,31). The Morgan fingerprint density at radius 1 is 1.00 bits per heavy atom. The van der Waals surface area contributed by atoms with Crippen LogP contribution in [-0.4, -0.2) is 29.8 Å². The minimum absolute atomic E-state index is 0.0957. The van der Waals surface area contributed by atoms with Crippen LogP contribution in [0.4, 0.5) is 4.39 Å². The van der Waals surface area contributed by atoms with Gasteiger partial charge in [0.05, 0.1) is 5.92 Å². The monoisotopic (exact) mass is 436 g/mol. The molecule has 1 saturated heterocycles. The summed E-state index contributed by atoms with van der Waals surface area (Å²) in [5.74, 6) is -0.292. The van der Waals surface area contributed by atoms with Gasteiger partial charge in [-0.2, -0.15) is 0 Å². The molecular formula is C27H33FN2O2. The summed E-state index contributed by atoms with van der Waals surface area (Å²) >= 11 is 0. The van der Waals surface area contributed by atoms with E-state index in [0.717, 1.165) is 32.1 Å². The maximum atomic E-state index is 14.0. The van der Waals surface area contributed by atoms with Crippen molar-refractivity contribution in [3.8, 4) is 0 Å². The SMILES string of the molecule is CCc1ccc(C2CC(C(=O)NCc3ccccc3F)CN(C(=O)C3CCCC3)C2)cc1. The molecule has 1 N–H and O–H groups in total. The Kier molecular flexibility index (Phi) is 7.23. The quantitative estimate of drug-likeness (QED) is 0.705. The van der Waals surface area contributed by atoms with Crippen molar-refractivity contribution < 1.29 is 14.0 Å². The molecule has 4 rings (SSSR count). The lowest BCUT2D eigenvalue weighted by molar-refractivity contribution is -0.139. The fourth-order valence-corrected chi connectivity index (χ4v) is 5.14. The number of hydrogen-bond donors (Lipinski definition) is 1. The van der Waals surface area contributed by atoms with Gasteiger partial charge in [0.25, 0.3) is 0 Å². The first-order chi connectivity index (χ1) is 15.5. The molecule has 5 heteroatoms. The Bertz CT molecular complexity index is 937. The number of halogens is 1. The highest BCUT2D eigenvalue weighted by molar-refractivity contribution is 5.82. The third kappa shape index (κ3) is 5.20. The van der Waals surface area contributed by atoms with Gasteiger partial charge in [-0.15, -0.1) is 0 Å². The van der Waals surface area contributed by atoms with Gasteiger partial charge in [-0.1, -0.05) is 62.2 Å². The minimum atomic E-state index is -0.316. The molecule has 170 valence electrons. The van der Waals surface area contributed by atoms with Crippen LogP contribution >= 0.6 is 0 Å². The number of rotatable bonds is 6. The van der Waals surface area contributed by atoms with Gasteiger partial charge in [0.15, 0.2) is 0 Å². The number of nitrogens with zero attached hydrogens (tertiary/aromatic N) is 1. The number of piperidine rings is 1. The van der Waals surface area contributed by atoms with Crippen molar-refractivity contribution >= 4 is 11.8 Å². The molecule has 2 aromatic carbocycles. The van der Waals surface area contributed by atoms with Crippen molar-refractivity contribution in [2.75, 3.05) is 13.1 Å². The van der Waals surface area contributed by atoms with Crippen LogP contribution in [0, 0.1) is 17.7 Å². The smallest absolute Gasteiger partial charge is 0.225 e. The van der Waals surface area contributed by atoms with Gasteiger partial charge in [0, 0.05) is 37.0 Å². The van der Waals surface area contributed by atoms with Crippen LogP contribution in [0.5, 0.6) is 0 Å². The summed E-state index contributed by atoms with van der Waals surface area (Å²) in [5, 5.41) is 2.91. The molecule has 1 saturated carbocycles. The fourth-order valence-electron chi connectivity index (χ4n) is 5.14. The first-order valence-corrected chi connectivity index (χ1v) is 11.9. The summed E-state index contributed by atoms with van der Waals surface area (Å²) in [4.78, 5) is 28.2. The van der Waals surface area contributed by atoms with Gasteiger partial charge in [-0.3, -0.25) is 9.59 Å². The third-order valence-electron chi connectivity index (χ3n) is 7.11. The van der Waals surface area contributed by atoms with Crippen molar-refractivity contribution in [2.24, 2.45) is 11.8 Å². The summed E-state index contributed by atoms with van der Waals surface area (Å²) in [7, 11) is 0. The molecule has 2 unspecified atom stereocenters. The predicted octanol–water partition coefficient (Wildman–Crippen LogP) is 4.83. The van der Waals surface area contributed by atoms with E-state index in [9.17, 15) is 14.0 Å². The summed E-state index contributed by atoms with van der Waals surface area (Å²) in [6, 6.07) is 15.1. The molecule has 32 heavy (non-hydrogen) atoms. The molecule has 1 aliphatic heterocycles. The average molecular weight is 437 g/mol. The van der Waals surface area contributed by atoms with Crippen LogP contribution in [-0.2, 0) is 22.6 Å². The summed E-state index contributed by atoms with van der Waals surface area (Å²) < 4.78 is 14.0. The van der Waals surface area contributed by atoms with Crippen molar-refractivity contribution in [3.05, 3.63) is 71.0 Å². The van der Waals surface area contributed by atoms with Gasteiger partial charge in [0.2, 0.25) is 11.8 Å². The highest BCUT2D eigenvalue weighted by atomic mass is 19.1. The molecule has 0 bridgehead atoms. The summed E-state index contributed by atoms with van der Waals surface area (Å²) in [6.07, 6.45) is 5.81. The van der Waals surface area contributed by atoms with Gasteiger partial charge >= 0.3 is 0 Å². The lowest BCUT2D eigenvalue weighted by Crippen LogP contribution is -2.49. The lowest BCUT2D eigenvalue weighted by Gasteiger charge is -2.38. The van der Waals surface area contributed by atoms with E-state index >= 15 is 0 Å². The van der Waals surface area contributed by atoms with E-state index in [1.165, 1.54) is 17.2 Å². The number of aryl methyl sites for hydroxylation is 1. The second kappa shape index (κ2) is 10.3.